The van der Waals surface area contributed by atoms with E-state index in [0.29, 0.717) is 5.58 Å². The Morgan fingerprint density at radius 1 is 1.44 bits per heavy atom. The number of aryl methyl sites for hydroxylation is 2. The van der Waals surface area contributed by atoms with Crippen LogP contribution in [0.3, 0.4) is 0 Å². The molecule has 0 fully saturated rings. The van der Waals surface area contributed by atoms with Gasteiger partial charge in [-0.3, -0.25) is 4.57 Å². The summed E-state index contributed by atoms with van der Waals surface area (Å²) in [4.78, 5) is 11.4. The predicted molar refractivity (Wildman–Crippen MR) is 67.8 cm³/mol. The maximum Gasteiger partial charge on any atom is 0.419 e. The van der Waals surface area contributed by atoms with Crippen molar-refractivity contribution in [3.05, 3.63) is 32.7 Å². The zero-order valence-electron chi connectivity index (χ0n) is 9.42. The van der Waals surface area contributed by atoms with Crippen molar-refractivity contribution in [2.75, 3.05) is 0 Å². The number of rotatable bonds is 3. The molecule has 0 amide bonds. The number of oxazole rings is 1. The Balaban J connectivity index is 2.56. The van der Waals surface area contributed by atoms with Crippen LogP contribution in [0.5, 0.6) is 0 Å². The van der Waals surface area contributed by atoms with E-state index in [0.717, 1.165) is 22.8 Å². The van der Waals surface area contributed by atoms with Gasteiger partial charge in [-0.1, -0.05) is 13.3 Å². The molecule has 0 unspecified atom stereocenters. The molecule has 1 aromatic carbocycles. The van der Waals surface area contributed by atoms with E-state index < -0.39 is 0 Å². The standard InChI is InChI=1S/C12H14BrNO2/c1-3-4-5-8-6-9(13)11-10(7-8)14(2)12(15)16-11/h6-7H,3-5H2,1-2H3. The highest BCUT2D eigenvalue weighted by Gasteiger charge is 2.10. The lowest BCUT2D eigenvalue weighted by Gasteiger charge is -2.02. The Labute approximate surface area is 102 Å². The number of benzene rings is 1. The maximum atomic E-state index is 11.4. The molecule has 3 nitrogen and oxygen atoms in total. The zero-order chi connectivity index (χ0) is 11.7. The Bertz CT molecular complexity index is 568. The fraction of sp³-hybridized carbons (Fsp3) is 0.417. The summed E-state index contributed by atoms with van der Waals surface area (Å²) < 4.78 is 7.54. The Morgan fingerprint density at radius 3 is 2.88 bits per heavy atom. The summed E-state index contributed by atoms with van der Waals surface area (Å²) in [5, 5.41) is 0. The SMILES string of the molecule is CCCCc1cc(Br)c2oc(=O)n(C)c2c1. The van der Waals surface area contributed by atoms with Crippen LogP contribution in [0.1, 0.15) is 25.3 Å². The molecule has 0 N–H and O–H groups in total. The number of hydrogen-bond donors (Lipinski definition) is 0. The number of nitrogens with zero attached hydrogens (tertiary/aromatic N) is 1. The van der Waals surface area contributed by atoms with Gasteiger partial charge in [0, 0.05) is 7.05 Å². The highest BCUT2D eigenvalue weighted by Crippen LogP contribution is 2.25. The van der Waals surface area contributed by atoms with Gasteiger partial charge in [0.15, 0.2) is 5.58 Å². The van der Waals surface area contributed by atoms with Crippen molar-refractivity contribution in [1.82, 2.24) is 4.57 Å². The van der Waals surface area contributed by atoms with Gasteiger partial charge in [-0.05, 0) is 46.5 Å². The second kappa shape index (κ2) is 4.45. The van der Waals surface area contributed by atoms with Crippen molar-refractivity contribution in [1.29, 1.82) is 0 Å². The fourth-order valence-electron chi connectivity index (χ4n) is 1.76. The first-order valence-electron chi connectivity index (χ1n) is 5.41. The fourth-order valence-corrected chi connectivity index (χ4v) is 2.34. The molecule has 1 aromatic heterocycles. The largest absolute Gasteiger partial charge is 0.419 e. The molecule has 4 heteroatoms. The quantitative estimate of drug-likeness (QED) is 0.867. The van der Waals surface area contributed by atoms with Crippen LogP contribution in [0.4, 0.5) is 0 Å². The third-order valence-electron chi connectivity index (χ3n) is 2.73. The van der Waals surface area contributed by atoms with E-state index in [-0.39, 0.29) is 5.76 Å². The minimum atomic E-state index is -0.316. The molecule has 0 spiro atoms. The van der Waals surface area contributed by atoms with Crippen LogP contribution in [0.2, 0.25) is 0 Å². The summed E-state index contributed by atoms with van der Waals surface area (Å²) in [6, 6.07) is 4.06. The van der Waals surface area contributed by atoms with Gasteiger partial charge in [0.25, 0.3) is 0 Å². The third kappa shape index (κ3) is 1.94. The average molecular weight is 284 g/mol. The van der Waals surface area contributed by atoms with Crippen LogP contribution in [-0.2, 0) is 13.5 Å². The van der Waals surface area contributed by atoms with E-state index in [1.165, 1.54) is 16.6 Å². The van der Waals surface area contributed by atoms with E-state index in [2.05, 4.69) is 22.9 Å². The van der Waals surface area contributed by atoms with Gasteiger partial charge in [0.05, 0.1) is 9.99 Å². The lowest BCUT2D eigenvalue weighted by Crippen LogP contribution is -2.08. The second-order valence-corrected chi connectivity index (χ2v) is 4.81. The van der Waals surface area contributed by atoms with Crippen molar-refractivity contribution in [2.24, 2.45) is 7.05 Å². The molecule has 0 aliphatic rings. The van der Waals surface area contributed by atoms with Gasteiger partial charge in [0.1, 0.15) is 0 Å². The van der Waals surface area contributed by atoms with Gasteiger partial charge in [-0.15, -0.1) is 0 Å². The van der Waals surface area contributed by atoms with Gasteiger partial charge in [0.2, 0.25) is 0 Å². The molecule has 1 heterocycles. The van der Waals surface area contributed by atoms with Gasteiger partial charge in [-0.25, -0.2) is 4.79 Å². The number of aromatic nitrogens is 1. The lowest BCUT2D eigenvalue weighted by molar-refractivity contribution is 0.527. The third-order valence-corrected chi connectivity index (χ3v) is 3.32. The molecule has 86 valence electrons. The molecule has 0 bridgehead atoms. The van der Waals surface area contributed by atoms with Crippen LogP contribution in [0, 0.1) is 0 Å². The van der Waals surface area contributed by atoms with Crippen LogP contribution < -0.4 is 5.76 Å². The highest BCUT2D eigenvalue weighted by molar-refractivity contribution is 9.10. The first-order chi connectivity index (χ1) is 7.63. The molecule has 0 saturated heterocycles. The van der Waals surface area contributed by atoms with Gasteiger partial charge in [-0.2, -0.15) is 0 Å². The van der Waals surface area contributed by atoms with Crippen molar-refractivity contribution in [3.8, 4) is 0 Å². The van der Waals surface area contributed by atoms with Gasteiger partial charge < -0.3 is 4.42 Å². The molecule has 2 aromatic rings. The Kier molecular flexibility index (Phi) is 3.19. The molecule has 0 aliphatic heterocycles. The van der Waals surface area contributed by atoms with Crippen molar-refractivity contribution >= 4 is 27.0 Å². The lowest BCUT2D eigenvalue weighted by atomic mass is 10.1. The Morgan fingerprint density at radius 2 is 2.19 bits per heavy atom. The summed E-state index contributed by atoms with van der Waals surface area (Å²) in [7, 11) is 1.73. The first-order valence-corrected chi connectivity index (χ1v) is 6.20. The molecule has 0 radical (unpaired) electrons. The summed E-state index contributed by atoms with van der Waals surface area (Å²) >= 11 is 3.44. The molecule has 2 rings (SSSR count). The van der Waals surface area contributed by atoms with Crippen molar-refractivity contribution in [3.63, 3.8) is 0 Å². The Hall–Kier alpha value is -1.03. The van der Waals surface area contributed by atoms with E-state index in [1.54, 1.807) is 7.05 Å². The van der Waals surface area contributed by atoms with Crippen LogP contribution in [-0.4, -0.2) is 4.57 Å². The normalized spacial score (nSPS) is 11.2. The van der Waals surface area contributed by atoms with E-state index in [9.17, 15) is 4.79 Å². The summed E-state index contributed by atoms with van der Waals surface area (Å²) in [5.41, 5.74) is 2.72. The predicted octanol–water partition coefficient (Wildman–Crippen LogP) is 3.24. The minimum Gasteiger partial charge on any atom is -0.406 e. The molecular formula is C12H14BrNO2. The van der Waals surface area contributed by atoms with Crippen LogP contribution in [0.15, 0.2) is 25.8 Å². The summed E-state index contributed by atoms with van der Waals surface area (Å²) in [5.74, 6) is -0.316. The molecule has 16 heavy (non-hydrogen) atoms. The molecule has 0 saturated carbocycles. The van der Waals surface area contributed by atoms with E-state index in [1.807, 2.05) is 12.1 Å². The summed E-state index contributed by atoms with van der Waals surface area (Å²) in [6.45, 7) is 2.17. The maximum absolute atomic E-state index is 11.4. The molecular weight excluding hydrogens is 270 g/mol. The number of hydrogen-bond acceptors (Lipinski definition) is 2. The smallest absolute Gasteiger partial charge is 0.406 e. The minimum absolute atomic E-state index is 0.316. The molecule has 0 aliphatic carbocycles. The second-order valence-electron chi connectivity index (χ2n) is 3.96. The first kappa shape index (κ1) is 11.5. The summed E-state index contributed by atoms with van der Waals surface area (Å²) in [6.07, 6.45) is 3.36. The van der Waals surface area contributed by atoms with Crippen LogP contribution in [0.25, 0.3) is 11.1 Å². The number of halogens is 1. The van der Waals surface area contributed by atoms with E-state index >= 15 is 0 Å². The number of fused-ring (bicyclic) bond motifs is 1. The van der Waals surface area contributed by atoms with Crippen molar-refractivity contribution < 1.29 is 4.42 Å². The average Bonchev–Trinajstić information content (AvgIpc) is 2.54. The van der Waals surface area contributed by atoms with Gasteiger partial charge >= 0.3 is 5.76 Å². The monoisotopic (exact) mass is 283 g/mol. The zero-order valence-corrected chi connectivity index (χ0v) is 11.0. The molecule has 0 atom stereocenters. The van der Waals surface area contributed by atoms with Crippen molar-refractivity contribution in [2.45, 2.75) is 26.2 Å². The topological polar surface area (TPSA) is 35.1 Å². The number of unbranched alkanes of at least 4 members (excludes halogenated alkanes) is 1. The van der Waals surface area contributed by atoms with E-state index in [4.69, 9.17) is 4.42 Å². The highest BCUT2D eigenvalue weighted by atomic mass is 79.9. The van der Waals surface area contributed by atoms with Crippen LogP contribution >= 0.6 is 15.9 Å².